The van der Waals surface area contributed by atoms with E-state index in [1.165, 1.54) is 5.56 Å². The fraction of sp³-hybridized carbons (Fsp3) is 0.273. The molecule has 5 nitrogen and oxygen atoms in total. The van der Waals surface area contributed by atoms with Gasteiger partial charge in [-0.05, 0) is 18.1 Å². The number of nitrogens with one attached hydrogen (secondary N) is 1. The van der Waals surface area contributed by atoms with Crippen LogP contribution >= 0.6 is 0 Å². The van der Waals surface area contributed by atoms with E-state index in [1.54, 1.807) is 17.1 Å². The van der Waals surface area contributed by atoms with Gasteiger partial charge in [-0.1, -0.05) is 0 Å². The summed E-state index contributed by atoms with van der Waals surface area (Å²) >= 11 is 0. The van der Waals surface area contributed by atoms with E-state index in [1.807, 2.05) is 25.5 Å². The first-order chi connectivity index (χ1) is 7.74. The average Bonchev–Trinajstić information content (AvgIpc) is 2.64. The lowest BCUT2D eigenvalue weighted by molar-refractivity contribution is 0.767. The number of nitrogen functional groups attached to an aromatic ring is 1. The van der Waals surface area contributed by atoms with Gasteiger partial charge >= 0.3 is 0 Å². The van der Waals surface area contributed by atoms with E-state index in [9.17, 15) is 0 Å². The summed E-state index contributed by atoms with van der Waals surface area (Å²) in [6.45, 7) is 0.844. The van der Waals surface area contributed by atoms with Crippen LogP contribution in [0.3, 0.4) is 0 Å². The largest absolute Gasteiger partial charge is 0.397 e. The molecule has 0 saturated carbocycles. The summed E-state index contributed by atoms with van der Waals surface area (Å²) < 4.78 is 1.80. The molecule has 16 heavy (non-hydrogen) atoms. The lowest BCUT2D eigenvalue weighted by atomic mass is 10.2. The lowest BCUT2D eigenvalue weighted by Gasteiger charge is -2.05. The zero-order chi connectivity index (χ0) is 11.4. The second-order valence-corrected chi connectivity index (χ2v) is 3.71. The Kier molecular flexibility index (Phi) is 3.05. The smallest absolute Gasteiger partial charge is 0.0547 e. The highest BCUT2D eigenvalue weighted by molar-refractivity contribution is 5.51. The molecule has 0 aliphatic rings. The van der Waals surface area contributed by atoms with Crippen molar-refractivity contribution in [2.45, 2.75) is 6.42 Å². The minimum atomic E-state index is 0.673. The normalized spacial score (nSPS) is 10.3. The molecule has 0 radical (unpaired) electrons. The molecule has 3 N–H and O–H groups in total. The van der Waals surface area contributed by atoms with Crippen molar-refractivity contribution in [3.8, 4) is 0 Å². The lowest BCUT2D eigenvalue weighted by Crippen LogP contribution is -2.05. The Morgan fingerprint density at radius 1 is 1.38 bits per heavy atom. The standard InChI is InChI=1S/C11H15N5/c1-16-8-9(5-15-16)2-3-14-11-4-10(12)6-13-7-11/h4-8,14H,2-3,12H2,1H3. The molecule has 84 valence electrons. The fourth-order valence-electron chi connectivity index (χ4n) is 1.51. The van der Waals surface area contributed by atoms with E-state index in [2.05, 4.69) is 15.4 Å². The van der Waals surface area contributed by atoms with E-state index >= 15 is 0 Å². The van der Waals surface area contributed by atoms with Gasteiger partial charge < -0.3 is 11.1 Å². The van der Waals surface area contributed by atoms with E-state index in [0.717, 1.165) is 18.7 Å². The molecule has 0 unspecified atom stereocenters. The summed E-state index contributed by atoms with van der Waals surface area (Å²) in [6, 6.07) is 1.87. The first kappa shape index (κ1) is 10.5. The third-order valence-corrected chi connectivity index (χ3v) is 2.26. The summed E-state index contributed by atoms with van der Waals surface area (Å²) in [6.07, 6.45) is 8.22. The summed E-state index contributed by atoms with van der Waals surface area (Å²) in [5, 5.41) is 7.38. The van der Waals surface area contributed by atoms with Crippen LogP contribution in [0.1, 0.15) is 5.56 Å². The maximum absolute atomic E-state index is 5.63. The molecule has 2 aromatic heterocycles. The van der Waals surface area contributed by atoms with Crippen LogP contribution in [0.15, 0.2) is 30.9 Å². The van der Waals surface area contributed by atoms with Gasteiger partial charge in [-0.25, -0.2) is 0 Å². The van der Waals surface area contributed by atoms with E-state index < -0.39 is 0 Å². The highest BCUT2D eigenvalue weighted by Crippen LogP contribution is 2.09. The molecule has 0 bridgehead atoms. The van der Waals surface area contributed by atoms with Crippen molar-refractivity contribution in [1.29, 1.82) is 0 Å². The number of hydrogen-bond donors (Lipinski definition) is 2. The van der Waals surface area contributed by atoms with Gasteiger partial charge in [0.15, 0.2) is 0 Å². The van der Waals surface area contributed by atoms with Gasteiger partial charge in [-0.15, -0.1) is 0 Å². The summed E-state index contributed by atoms with van der Waals surface area (Å²) in [5.41, 5.74) is 8.46. The van der Waals surface area contributed by atoms with Crippen molar-refractivity contribution in [2.75, 3.05) is 17.6 Å². The highest BCUT2D eigenvalue weighted by atomic mass is 15.2. The van der Waals surface area contributed by atoms with Gasteiger partial charge in [-0.2, -0.15) is 5.10 Å². The van der Waals surface area contributed by atoms with Crippen LogP contribution in [0, 0.1) is 0 Å². The van der Waals surface area contributed by atoms with Crippen molar-refractivity contribution >= 4 is 11.4 Å². The van der Waals surface area contributed by atoms with Gasteiger partial charge in [0.2, 0.25) is 0 Å². The zero-order valence-electron chi connectivity index (χ0n) is 9.22. The number of hydrogen-bond acceptors (Lipinski definition) is 4. The Morgan fingerprint density at radius 2 is 2.25 bits per heavy atom. The maximum Gasteiger partial charge on any atom is 0.0547 e. The average molecular weight is 217 g/mol. The second-order valence-electron chi connectivity index (χ2n) is 3.71. The molecule has 0 aliphatic carbocycles. The highest BCUT2D eigenvalue weighted by Gasteiger charge is 1.97. The van der Waals surface area contributed by atoms with Gasteiger partial charge in [-0.3, -0.25) is 9.67 Å². The van der Waals surface area contributed by atoms with Crippen molar-refractivity contribution in [3.63, 3.8) is 0 Å². The number of rotatable bonds is 4. The molecular formula is C11H15N5. The number of aromatic nitrogens is 3. The molecule has 0 fully saturated rings. The van der Waals surface area contributed by atoms with Crippen molar-refractivity contribution in [2.24, 2.45) is 7.05 Å². The summed E-state index contributed by atoms with van der Waals surface area (Å²) in [5.74, 6) is 0. The Labute approximate surface area is 94.3 Å². The van der Waals surface area contributed by atoms with Crippen molar-refractivity contribution in [1.82, 2.24) is 14.8 Å². The third kappa shape index (κ3) is 2.73. The number of aryl methyl sites for hydroxylation is 1. The van der Waals surface area contributed by atoms with Crippen LogP contribution in [0.5, 0.6) is 0 Å². The number of nitrogens with two attached hydrogens (primary N) is 1. The molecule has 0 saturated heterocycles. The molecule has 0 amide bonds. The molecule has 0 spiro atoms. The molecule has 0 aromatic carbocycles. The molecule has 2 rings (SSSR count). The first-order valence-corrected chi connectivity index (χ1v) is 5.16. The number of anilines is 2. The van der Waals surface area contributed by atoms with Crippen LogP contribution in [0.25, 0.3) is 0 Å². The van der Waals surface area contributed by atoms with Crippen molar-refractivity contribution in [3.05, 3.63) is 36.4 Å². The third-order valence-electron chi connectivity index (χ3n) is 2.26. The van der Waals surface area contributed by atoms with E-state index in [-0.39, 0.29) is 0 Å². The predicted molar refractivity (Wildman–Crippen MR) is 64.1 cm³/mol. The SMILES string of the molecule is Cn1cc(CCNc2cncc(N)c2)cn1. The Hall–Kier alpha value is -2.04. The first-order valence-electron chi connectivity index (χ1n) is 5.16. The molecule has 2 heterocycles. The number of nitrogens with zero attached hydrogens (tertiary/aromatic N) is 3. The molecule has 0 aliphatic heterocycles. The van der Waals surface area contributed by atoms with E-state index in [0.29, 0.717) is 5.69 Å². The molecule has 5 heteroatoms. The molecular weight excluding hydrogens is 202 g/mol. The minimum absolute atomic E-state index is 0.673. The van der Waals surface area contributed by atoms with Gasteiger partial charge in [0.1, 0.15) is 0 Å². The van der Waals surface area contributed by atoms with Crippen LogP contribution < -0.4 is 11.1 Å². The van der Waals surface area contributed by atoms with Crippen LogP contribution in [-0.2, 0) is 13.5 Å². The second kappa shape index (κ2) is 4.65. The topological polar surface area (TPSA) is 68.8 Å². The number of pyridine rings is 1. The van der Waals surface area contributed by atoms with Crippen LogP contribution in [0.2, 0.25) is 0 Å². The van der Waals surface area contributed by atoms with Gasteiger partial charge in [0.25, 0.3) is 0 Å². The minimum Gasteiger partial charge on any atom is -0.397 e. The Bertz CT molecular complexity index is 463. The van der Waals surface area contributed by atoms with Gasteiger partial charge in [0.05, 0.1) is 23.8 Å². The van der Waals surface area contributed by atoms with Crippen LogP contribution in [-0.4, -0.2) is 21.3 Å². The molecule has 0 atom stereocenters. The predicted octanol–water partition coefficient (Wildman–Crippen LogP) is 1.05. The van der Waals surface area contributed by atoms with Gasteiger partial charge in [0, 0.05) is 26.0 Å². The van der Waals surface area contributed by atoms with E-state index in [4.69, 9.17) is 5.73 Å². The Balaban J connectivity index is 1.84. The Morgan fingerprint density at radius 3 is 2.94 bits per heavy atom. The summed E-state index contributed by atoms with van der Waals surface area (Å²) in [7, 11) is 1.92. The van der Waals surface area contributed by atoms with Crippen molar-refractivity contribution < 1.29 is 0 Å². The molecule has 2 aromatic rings. The maximum atomic E-state index is 5.63. The zero-order valence-corrected chi connectivity index (χ0v) is 9.22. The van der Waals surface area contributed by atoms with Crippen LogP contribution in [0.4, 0.5) is 11.4 Å². The quantitative estimate of drug-likeness (QED) is 0.803. The monoisotopic (exact) mass is 217 g/mol. The summed E-state index contributed by atoms with van der Waals surface area (Å²) in [4.78, 5) is 4.01. The fourth-order valence-corrected chi connectivity index (χ4v) is 1.51.